The summed E-state index contributed by atoms with van der Waals surface area (Å²) in [7, 11) is 0. The third-order valence-electron chi connectivity index (χ3n) is 7.29. The van der Waals surface area contributed by atoms with Crippen molar-refractivity contribution in [3.63, 3.8) is 0 Å². The Labute approximate surface area is 229 Å². The fourth-order valence-electron chi connectivity index (χ4n) is 5.48. The predicted octanol–water partition coefficient (Wildman–Crippen LogP) is 10.5. The Bertz CT molecular complexity index is 2130. The Balaban J connectivity index is 1.34. The smallest absolute Gasteiger partial charge is 0.136 e. The van der Waals surface area contributed by atoms with Crippen molar-refractivity contribution >= 4 is 70.5 Å². The van der Waals surface area contributed by atoms with Crippen molar-refractivity contribution < 1.29 is 4.42 Å². The van der Waals surface area contributed by atoms with Crippen LogP contribution in [-0.4, -0.2) is 4.98 Å². The summed E-state index contributed by atoms with van der Waals surface area (Å²) in [5.74, 6) is 0. The van der Waals surface area contributed by atoms with E-state index in [0.717, 1.165) is 50.3 Å². The topological polar surface area (TPSA) is 29.3 Å². The monoisotopic (exact) mass is 518 g/mol. The number of para-hydroxylation sites is 1. The van der Waals surface area contributed by atoms with Crippen molar-refractivity contribution in [2.24, 2.45) is 0 Å². The number of pyridine rings is 1. The summed E-state index contributed by atoms with van der Waals surface area (Å²) in [6.07, 6.45) is 1.84. The van der Waals surface area contributed by atoms with E-state index in [9.17, 15) is 0 Å². The van der Waals surface area contributed by atoms with Crippen LogP contribution in [0.15, 0.2) is 138 Å². The second kappa shape index (κ2) is 8.83. The fourth-order valence-corrected chi connectivity index (χ4v) is 6.60. The van der Waals surface area contributed by atoms with E-state index >= 15 is 0 Å². The van der Waals surface area contributed by atoms with E-state index in [1.807, 2.05) is 35.7 Å². The van der Waals surface area contributed by atoms with Crippen molar-refractivity contribution in [3.05, 3.63) is 134 Å². The average molecular weight is 519 g/mol. The molecule has 8 rings (SSSR count). The van der Waals surface area contributed by atoms with Gasteiger partial charge in [-0.25, -0.2) is 0 Å². The lowest BCUT2D eigenvalue weighted by Gasteiger charge is -2.26. The van der Waals surface area contributed by atoms with Gasteiger partial charge in [-0.1, -0.05) is 54.6 Å². The molecule has 0 bridgehead atoms. The summed E-state index contributed by atoms with van der Waals surface area (Å²) in [5.41, 5.74) is 7.09. The van der Waals surface area contributed by atoms with Crippen molar-refractivity contribution in [2.75, 3.05) is 4.90 Å². The number of benzene rings is 5. The number of anilines is 3. The number of rotatable bonds is 4. The molecular weight excluding hydrogens is 496 g/mol. The van der Waals surface area contributed by atoms with Gasteiger partial charge in [0.1, 0.15) is 11.2 Å². The van der Waals surface area contributed by atoms with Crippen molar-refractivity contribution in [3.8, 4) is 11.3 Å². The van der Waals surface area contributed by atoms with Gasteiger partial charge in [-0.15, -0.1) is 11.3 Å². The molecule has 0 N–H and O–H groups in total. The van der Waals surface area contributed by atoms with Gasteiger partial charge in [0.15, 0.2) is 0 Å². The number of hydrogen-bond acceptors (Lipinski definition) is 4. The van der Waals surface area contributed by atoms with Gasteiger partial charge in [0.2, 0.25) is 0 Å². The summed E-state index contributed by atoms with van der Waals surface area (Å²) in [4.78, 5) is 6.87. The number of thiophene rings is 1. The molecule has 0 atom stereocenters. The van der Waals surface area contributed by atoms with Crippen LogP contribution >= 0.6 is 11.3 Å². The Kier molecular flexibility index (Phi) is 5.00. The van der Waals surface area contributed by atoms with Gasteiger partial charge >= 0.3 is 0 Å². The molecule has 0 radical (unpaired) electrons. The first kappa shape index (κ1) is 22.1. The zero-order valence-electron chi connectivity index (χ0n) is 20.9. The first-order valence-corrected chi connectivity index (χ1v) is 13.8. The van der Waals surface area contributed by atoms with E-state index in [2.05, 4.69) is 119 Å². The third-order valence-corrected chi connectivity index (χ3v) is 8.42. The van der Waals surface area contributed by atoms with Crippen molar-refractivity contribution in [1.82, 2.24) is 4.98 Å². The van der Waals surface area contributed by atoms with E-state index in [0.29, 0.717) is 0 Å². The Morgan fingerprint density at radius 2 is 1.31 bits per heavy atom. The van der Waals surface area contributed by atoms with E-state index in [4.69, 9.17) is 4.42 Å². The average Bonchev–Trinajstić information content (AvgIpc) is 3.54. The summed E-state index contributed by atoms with van der Waals surface area (Å²) in [5, 5.41) is 4.82. The van der Waals surface area contributed by atoms with Crippen LogP contribution in [0.2, 0.25) is 0 Å². The lowest BCUT2D eigenvalue weighted by atomic mass is 10.1. The molecule has 4 heteroatoms. The molecular formula is C35H22N2OS. The number of fused-ring (bicyclic) bond motifs is 6. The maximum Gasteiger partial charge on any atom is 0.136 e. The molecule has 0 aliphatic rings. The van der Waals surface area contributed by atoms with E-state index in [-0.39, 0.29) is 0 Å². The van der Waals surface area contributed by atoms with Crippen molar-refractivity contribution in [2.45, 2.75) is 0 Å². The van der Waals surface area contributed by atoms with Gasteiger partial charge in [0.05, 0.1) is 5.69 Å². The molecule has 0 fully saturated rings. The standard InChI is InChI=1S/C35H22N2OS/c1-2-10-24(11-3-1)37(25-12-8-9-23(19-25)31-14-6-7-18-36-31)26-16-17-32-28(20-26)29-21-30-27-13-4-5-15-34(27)39-35(30)22-33(29)38-32/h1-22H. The van der Waals surface area contributed by atoms with Crippen LogP contribution in [0.1, 0.15) is 0 Å². The van der Waals surface area contributed by atoms with Crippen LogP contribution in [0.4, 0.5) is 17.1 Å². The highest BCUT2D eigenvalue weighted by atomic mass is 32.1. The molecule has 39 heavy (non-hydrogen) atoms. The molecule has 5 aromatic carbocycles. The predicted molar refractivity (Wildman–Crippen MR) is 165 cm³/mol. The minimum atomic E-state index is 0.894. The lowest BCUT2D eigenvalue weighted by molar-refractivity contribution is 0.669. The zero-order chi connectivity index (χ0) is 25.8. The fraction of sp³-hybridized carbons (Fsp3) is 0. The molecule has 0 aliphatic carbocycles. The summed E-state index contributed by atoms with van der Waals surface area (Å²) < 4.78 is 8.91. The highest BCUT2D eigenvalue weighted by molar-refractivity contribution is 7.25. The van der Waals surface area contributed by atoms with Gasteiger partial charge in [-0.3, -0.25) is 4.98 Å². The van der Waals surface area contributed by atoms with Crippen LogP contribution < -0.4 is 4.90 Å². The van der Waals surface area contributed by atoms with Gasteiger partial charge in [0.25, 0.3) is 0 Å². The number of furan rings is 1. The minimum Gasteiger partial charge on any atom is -0.456 e. The Morgan fingerprint density at radius 3 is 2.21 bits per heavy atom. The van der Waals surface area contributed by atoms with Gasteiger partial charge in [-0.2, -0.15) is 0 Å². The van der Waals surface area contributed by atoms with Gasteiger partial charge in [0, 0.05) is 59.8 Å². The summed E-state index contributed by atoms with van der Waals surface area (Å²) in [6, 6.07) is 44.7. The van der Waals surface area contributed by atoms with Gasteiger partial charge in [-0.05, 0) is 72.8 Å². The molecule has 3 heterocycles. The van der Waals surface area contributed by atoms with Crippen LogP contribution in [-0.2, 0) is 0 Å². The van der Waals surface area contributed by atoms with Crippen LogP contribution in [0.25, 0.3) is 53.4 Å². The first-order chi connectivity index (χ1) is 19.3. The Hall–Kier alpha value is -4.93. The molecule has 3 aromatic heterocycles. The van der Waals surface area contributed by atoms with E-state index in [1.165, 1.54) is 20.2 Å². The second-order valence-electron chi connectivity index (χ2n) is 9.66. The maximum absolute atomic E-state index is 6.36. The first-order valence-electron chi connectivity index (χ1n) is 13.0. The molecule has 8 aromatic rings. The van der Waals surface area contributed by atoms with E-state index in [1.54, 1.807) is 0 Å². The highest BCUT2D eigenvalue weighted by Gasteiger charge is 2.17. The van der Waals surface area contributed by atoms with Gasteiger partial charge < -0.3 is 9.32 Å². The molecule has 0 unspecified atom stereocenters. The quantitative estimate of drug-likeness (QED) is 0.232. The lowest BCUT2D eigenvalue weighted by Crippen LogP contribution is -2.09. The van der Waals surface area contributed by atoms with Crippen LogP contribution in [0.3, 0.4) is 0 Å². The van der Waals surface area contributed by atoms with E-state index < -0.39 is 0 Å². The second-order valence-corrected chi connectivity index (χ2v) is 10.7. The molecule has 0 spiro atoms. The molecule has 184 valence electrons. The number of hydrogen-bond donors (Lipinski definition) is 0. The molecule has 0 saturated heterocycles. The molecule has 0 saturated carbocycles. The summed E-state index contributed by atoms with van der Waals surface area (Å²) >= 11 is 1.82. The number of nitrogens with zero attached hydrogens (tertiary/aromatic N) is 2. The Morgan fingerprint density at radius 1 is 0.513 bits per heavy atom. The third kappa shape index (κ3) is 3.69. The normalized spacial score (nSPS) is 11.6. The highest BCUT2D eigenvalue weighted by Crippen LogP contribution is 2.42. The molecule has 3 nitrogen and oxygen atoms in total. The van der Waals surface area contributed by atoms with Crippen LogP contribution in [0, 0.1) is 0 Å². The molecule has 0 amide bonds. The molecule has 0 aliphatic heterocycles. The largest absolute Gasteiger partial charge is 0.456 e. The maximum atomic E-state index is 6.36. The summed E-state index contributed by atoms with van der Waals surface area (Å²) in [6.45, 7) is 0. The van der Waals surface area contributed by atoms with Crippen LogP contribution in [0.5, 0.6) is 0 Å². The van der Waals surface area contributed by atoms with Crippen molar-refractivity contribution in [1.29, 1.82) is 0 Å². The number of aromatic nitrogens is 1. The zero-order valence-corrected chi connectivity index (χ0v) is 21.7. The minimum absolute atomic E-state index is 0.894. The SMILES string of the molecule is c1ccc(N(c2cccc(-c3ccccn3)c2)c2ccc3oc4cc5sc6ccccc6c5cc4c3c2)cc1.